The van der Waals surface area contributed by atoms with Gasteiger partial charge in [0.05, 0.1) is 27.2 Å². The van der Waals surface area contributed by atoms with Crippen molar-refractivity contribution in [2.24, 2.45) is 5.16 Å². The zero-order valence-electron chi connectivity index (χ0n) is 6.79. The Morgan fingerprint density at radius 1 is 1.73 bits per heavy atom. The van der Waals surface area contributed by atoms with Crippen molar-refractivity contribution in [1.29, 1.82) is 0 Å². The summed E-state index contributed by atoms with van der Waals surface area (Å²) in [5.74, 6) is -0.367. The fraction of sp³-hybridized carbons (Fsp3) is 0.667. The predicted octanol–water partition coefficient (Wildman–Crippen LogP) is -2.29. The van der Waals surface area contributed by atoms with Gasteiger partial charge in [0, 0.05) is 0 Å². The molecule has 3 N–H and O–H groups in total. The summed E-state index contributed by atoms with van der Waals surface area (Å²) < 4.78 is 0. The van der Waals surface area contributed by atoms with Crippen molar-refractivity contribution in [2.75, 3.05) is 27.2 Å². The molecular weight excluding hydrogens is 146 g/mol. The monoisotopic (exact) mass is 160 g/mol. The van der Waals surface area contributed by atoms with E-state index in [1.165, 1.54) is 4.90 Å². The molecule has 1 amide bonds. The number of carbonyl (C=O) groups excluding carboxylic acids is 1. The van der Waals surface area contributed by atoms with Crippen molar-refractivity contribution in [1.82, 2.24) is 5.32 Å². The van der Waals surface area contributed by atoms with Gasteiger partial charge in [0.1, 0.15) is 6.21 Å². The van der Waals surface area contributed by atoms with Gasteiger partial charge in [-0.05, 0) is 0 Å². The van der Waals surface area contributed by atoms with E-state index in [9.17, 15) is 4.79 Å². The average molecular weight is 160 g/mol. The van der Waals surface area contributed by atoms with Gasteiger partial charge in [-0.3, -0.25) is 4.79 Å². The average Bonchev–Trinajstić information content (AvgIpc) is 1.87. The second kappa shape index (κ2) is 5.67. The molecule has 0 aliphatic heterocycles. The molecule has 11 heavy (non-hydrogen) atoms. The summed E-state index contributed by atoms with van der Waals surface area (Å²) in [4.78, 5) is 11.9. The van der Waals surface area contributed by atoms with Crippen molar-refractivity contribution in [3.63, 3.8) is 0 Å². The molecular formula is C6H14N3O2+. The summed E-state index contributed by atoms with van der Waals surface area (Å²) in [6, 6.07) is 0. The van der Waals surface area contributed by atoms with E-state index in [2.05, 4.69) is 10.5 Å². The van der Waals surface area contributed by atoms with Crippen LogP contribution in [0.4, 0.5) is 0 Å². The molecule has 0 aliphatic carbocycles. The molecule has 0 saturated carbocycles. The first-order valence-electron chi connectivity index (χ1n) is 3.41. The van der Waals surface area contributed by atoms with Crippen LogP contribution in [0, 0.1) is 0 Å². The van der Waals surface area contributed by atoms with Gasteiger partial charge in [-0.25, -0.2) is 0 Å². The van der Waals surface area contributed by atoms with E-state index in [0.29, 0.717) is 6.54 Å². The minimum atomic E-state index is -0.367. The first-order chi connectivity index (χ1) is 5.16. The number of amides is 1. The second-order valence-corrected chi connectivity index (χ2v) is 2.49. The quantitative estimate of drug-likeness (QED) is 0.246. The molecule has 0 rings (SSSR count). The van der Waals surface area contributed by atoms with Gasteiger partial charge in [0.15, 0.2) is 0 Å². The molecule has 0 spiro atoms. The number of hydrogen-bond donors (Lipinski definition) is 3. The van der Waals surface area contributed by atoms with Crippen LogP contribution < -0.4 is 10.2 Å². The third-order valence-electron chi connectivity index (χ3n) is 1.10. The Bertz CT molecular complexity index is 145. The maximum Gasteiger partial charge on any atom is 0.266 e. The highest BCUT2D eigenvalue weighted by atomic mass is 16.4. The molecule has 0 bridgehead atoms. The summed E-state index contributed by atoms with van der Waals surface area (Å²) >= 11 is 0. The zero-order valence-corrected chi connectivity index (χ0v) is 6.79. The summed E-state index contributed by atoms with van der Waals surface area (Å²) in [6.07, 6.45) is 0.838. The van der Waals surface area contributed by atoms with Crippen LogP contribution in [0.15, 0.2) is 5.16 Å². The van der Waals surface area contributed by atoms with E-state index >= 15 is 0 Å². The standard InChI is InChI=1S/C6H13N3O2/c1-9(2)4-3-7-6(10)5-8-11/h5,11H,3-4H2,1-2H3,(H,7,10)/p+1/b8-5-. The topological polar surface area (TPSA) is 66.1 Å². The lowest BCUT2D eigenvalue weighted by Gasteiger charge is -2.05. The third kappa shape index (κ3) is 6.79. The number of carbonyl (C=O) groups is 1. The number of nitrogens with zero attached hydrogens (tertiary/aromatic N) is 1. The molecule has 5 nitrogen and oxygen atoms in total. The third-order valence-corrected chi connectivity index (χ3v) is 1.10. The van der Waals surface area contributed by atoms with Crippen molar-refractivity contribution in [3.05, 3.63) is 0 Å². The van der Waals surface area contributed by atoms with Crippen LogP contribution in [0.1, 0.15) is 0 Å². The van der Waals surface area contributed by atoms with Crippen LogP contribution in [-0.4, -0.2) is 44.5 Å². The van der Waals surface area contributed by atoms with Gasteiger partial charge in [-0.2, -0.15) is 0 Å². The summed E-state index contributed by atoms with van der Waals surface area (Å²) in [5, 5.41) is 13.1. The minimum absolute atomic E-state index is 0.367. The highest BCUT2D eigenvalue weighted by Gasteiger charge is 1.96. The molecule has 0 heterocycles. The van der Waals surface area contributed by atoms with Crippen molar-refractivity contribution >= 4 is 12.1 Å². The molecule has 0 unspecified atom stereocenters. The number of oxime groups is 1. The maximum atomic E-state index is 10.6. The molecule has 0 aromatic heterocycles. The van der Waals surface area contributed by atoms with Gasteiger partial charge in [0.2, 0.25) is 0 Å². The van der Waals surface area contributed by atoms with E-state index in [-0.39, 0.29) is 5.91 Å². The molecule has 64 valence electrons. The van der Waals surface area contributed by atoms with E-state index in [0.717, 1.165) is 12.8 Å². The Morgan fingerprint density at radius 3 is 2.82 bits per heavy atom. The lowest BCUT2D eigenvalue weighted by molar-refractivity contribution is -0.856. The molecule has 0 radical (unpaired) electrons. The summed E-state index contributed by atoms with van der Waals surface area (Å²) in [7, 11) is 3.98. The van der Waals surface area contributed by atoms with Crippen molar-refractivity contribution < 1.29 is 14.9 Å². The Hall–Kier alpha value is -1.10. The number of hydrogen-bond acceptors (Lipinski definition) is 3. The van der Waals surface area contributed by atoms with E-state index in [1.807, 2.05) is 14.1 Å². The van der Waals surface area contributed by atoms with E-state index < -0.39 is 0 Å². The molecule has 0 saturated heterocycles. The molecule has 0 aromatic carbocycles. The molecule has 0 aromatic rings. The highest BCUT2D eigenvalue weighted by molar-refractivity contribution is 6.25. The Morgan fingerprint density at radius 2 is 2.36 bits per heavy atom. The molecule has 0 atom stereocenters. The fourth-order valence-corrected chi connectivity index (χ4v) is 0.534. The summed E-state index contributed by atoms with van der Waals surface area (Å²) in [6.45, 7) is 1.44. The predicted molar refractivity (Wildman–Crippen MR) is 41.0 cm³/mol. The van der Waals surface area contributed by atoms with Crippen molar-refractivity contribution in [2.45, 2.75) is 0 Å². The van der Waals surface area contributed by atoms with Crippen LogP contribution in [0.5, 0.6) is 0 Å². The largest absolute Gasteiger partial charge is 0.411 e. The minimum Gasteiger partial charge on any atom is -0.411 e. The van der Waals surface area contributed by atoms with Gasteiger partial charge in [-0.1, -0.05) is 5.16 Å². The van der Waals surface area contributed by atoms with E-state index in [4.69, 9.17) is 5.21 Å². The summed E-state index contributed by atoms with van der Waals surface area (Å²) in [5.41, 5.74) is 0. The smallest absolute Gasteiger partial charge is 0.266 e. The van der Waals surface area contributed by atoms with E-state index in [1.54, 1.807) is 0 Å². The Labute approximate surface area is 65.7 Å². The number of quaternary nitrogens is 1. The normalized spacial score (nSPS) is 10.8. The van der Waals surface area contributed by atoms with Crippen LogP contribution in [0.3, 0.4) is 0 Å². The van der Waals surface area contributed by atoms with Gasteiger partial charge in [-0.15, -0.1) is 0 Å². The lowest BCUT2D eigenvalue weighted by atomic mass is 10.5. The van der Waals surface area contributed by atoms with Crippen LogP contribution >= 0.6 is 0 Å². The van der Waals surface area contributed by atoms with Gasteiger partial charge < -0.3 is 15.4 Å². The SMILES string of the molecule is C[NH+](C)CCNC(=O)/C=N\O. The number of nitrogens with one attached hydrogen (secondary N) is 2. The van der Waals surface area contributed by atoms with Crippen LogP contribution in [0.25, 0.3) is 0 Å². The maximum absolute atomic E-state index is 10.6. The lowest BCUT2D eigenvalue weighted by Crippen LogP contribution is -3.06. The van der Waals surface area contributed by atoms with Gasteiger partial charge in [0.25, 0.3) is 5.91 Å². The highest BCUT2D eigenvalue weighted by Crippen LogP contribution is 1.57. The molecule has 5 heteroatoms. The number of rotatable bonds is 4. The first kappa shape index (κ1) is 9.90. The fourth-order valence-electron chi connectivity index (χ4n) is 0.534. The second-order valence-electron chi connectivity index (χ2n) is 2.49. The Balaban J connectivity index is 3.32. The van der Waals surface area contributed by atoms with Crippen LogP contribution in [0.2, 0.25) is 0 Å². The first-order valence-corrected chi connectivity index (χ1v) is 3.41. The van der Waals surface area contributed by atoms with Gasteiger partial charge >= 0.3 is 0 Å². The van der Waals surface area contributed by atoms with Crippen molar-refractivity contribution in [3.8, 4) is 0 Å². The molecule has 0 aliphatic rings. The number of likely N-dealkylation sites (N-methyl/N-ethyl adjacent to an activating group) is 1. The Kier molecular flexibility index (Phi) is 5.10. The zero-order chi connectivity index (χ0) is 8.69. The van der Waals surface area contributed by atoms with Crippen LogP contribution in [-0.2, 0) is 4.79 Å². The molecule has 0 fully saturated rings.